The molecule has 2 amide bonds. The summed E-state index contributed by atoms with van der Waals surface area (Å²) in [5.74, 6) is 1.22. The van der Waals surface area contributed by atoms with Crippen LogP contribution in [0.5, 0.6) is 0 Å². The van der Waals surface area contributed by atoms with Crippen molar-refractivity contribution < 1.29 is 9.59 Å². The van der Waals surface area contributed by atoms with Gasteiger partial charge in [0.25, 0.3) is 5.91 Å². The first-order valence-corrected chi connectivity index (χ1v) is 10.2. The van der Waals surface area contributed by atoms with E-state index in [-0.39, 0.29) is 11.8 Å². The maximum absolute atomic E-state index is 12.7. The number of piperazine rings is 1. The first-order chi connectivity index (χ1) is 13.5. The monoisotopic (exact) mass is 385 g/mol. The standard InChI is InChI=1S/C21H31N5O2/c1-4-24-11-13-25(14-12-24)19(27)8-9-22-21(28)20-17-7-5-6-10-26(17)18(23-20)15-16(2)3/h5-7,10,16H,4,8-9,11-15H2,1-3H3,(H,22,28). The van der Waals surface area contributed by atoms with E-state index in [1.165, 1.54) is 0 Å². The average Bonchev–Trinajstić information content (AvgIpc) is 3.06. The fourth-order valence-corrected chi connectivity index (χ4v) is 3.62. The van der Waals surface area contributed by atoms with Crippen LogP contribution in [0.1, 0.15) is 43.5 Å². The third-order valence-electron chi connectivity index (χ3n) is 5.22. The SMILES string of the molecule is CCN1CCN(C(=O)CCNC(=O)c2nc(CC(C)C)n3ccccc23)CC1. The van der Waals surface area contributed by atoms with E-state index in [0.29, 0.717) is 24.6 Å². The quantitative estimate of drug-likeness (QED) is 0.789. The Morgan fingerprint density at radius 2 is 1.93 bits per heavy atom. The highest BCUT2D eigenvalue weighted by molar-refractivity contribution is 5.99. The van der Waals surface area contributed by atoms with Crippen molar-refractivity contribution in [3.63, 3.8) is 0 Å². The molecule has 28 heavy (non-hydrogen) atoms. The van der Waals surface area contributed by atoms with Gasteiger partial charge in [0.2, 0.25) is 5.91 Å². The predicted octanol–water partition coefficient (Wildman–Crippen LogP) is 1.82. The van der Waals surface area contributed by atoms with Crippen LogP contribution in [0.4, 0.5) is 0 Å². The molecule has 0 unspecified atom stereocenters. The number of nitrogens with zero attached hydrogens (tertiary/aromatic N) is 4. The summed E-state index contributed by atoms with van der Waals surface area (Å²) in [6, 6.07) is 5.76. The van der Waals surface area contributed by atoms with Crippen LogP contribution in [0, 0.1) is 5.92 Å². The molecule has 2 aromatic heterocycles. The van der Waals surface area contributed by atoms with Gasteiger partial charge in [0.1, 0.15) is 5.82 Å². The van der Waals surface area contributed by atoms with E-state index in [9.17, 15) is 9.59 Å². The number of fused-ring (bicyclic) bond motifs is 1. The molecule has 0 aliphatic carbocycles. The molecule has 3 heterocycles. The van der Waals surface area contributed by atoms with Gasteiger partial charge < -0.3 is 19.5 Å². The number of likely N-dealkylation sites (N-methyl/N-ethyl adjacent to an activating group) is 1. The second-order valence-electron chi connectivity index (χ2n) is 7.75. The fraction of sp³-hybridized carbons (Fsp3) is 0.571. The van der Waals surface area contributed by atoms with Crippen molar-refractivity contribution in [3.05, 3.63) is 35.9 Å². The Morgan fingerprint density at radius 3 is 2.61 bits per heavy atom. The van der Waals surface area contributed by atoms with E-state index in [1.807, 2.05) is 33.7 Å². The number of amides is 2. The van der Waals surface area contributed by atoms with Gasteiger partial charge in [-0.05, 0) is 24.6 Å². The number of hydrogen-bond acceptors (Lipinski definition) is 4. The lowest BCUT2D eigenvalue weighted by molar-refractivity contribution is -0.132. The Kier molecular flexibility index (Phi) is 6.67. The number of imidazole rings is 1. The van der Waals surface area contributed by atoms with Crippen molar-refractivity contribution in [2.45, 2.75) is 33.6 Å². The molecule has 3 rings (SSSR count). The molecule has 0 aromatic carbocycles. The van der Waals surface area contributed by atoms with Crippen molar-refractivity contribution >= 4 is 17.3 Å². The van der Waals surface area contributed by atoms with Crippen molar-refractivity contribution in [2.75, 3.05) is 39.3 Å². The molecule has 1 aliphatic rings. The Hall–Kier alpha value is -2.41. The van der Waals surface area contributed by atoms with E-state index < -0.39 is 0 Å². The van der Waals surface area contributed by atoms with Gasteiger partial charge in [-0.25, -0.2) is 4.98 Å². The van der Waals surface area contributed by atoms with Crippen molar-refractivity contribution in [1.82, 2.24) is 24.5 Å². The fourth-order valence-electron chi connectivity index (χ4n) is 3.62. The lowest BCUT2D eigenvalue weighted by Crippen LogP contribution is -2.49. The van der Waals surface area contributed by atoms with E-state index >= 15 is 0 Å². The zero-order valence-electron chi connectivity index (χ0n) is 17.1. The van der Waals surface area contributed by atoms with Gasteiger partial charge in [0.05, 0.1) is 5.52 Å². The summed E-state index contributed by atoms with van der Waals surface area (Å²) >= 11 is 0. The minimum atomic E-state index is -0.220. The van der Waals surface area contributed by atoms with E-state index in [2.05, 4.69) is 36.0 Å². The summed E-state index contributed by atoms with van der Waals surface area (Å²) in [7, 11) is 0. The highest BCUT2D eigenvalue weighted by Crippen LogP contribution is 2.16. The molecule has 1 saturated heterocycles. The van der Waals surface area contributed by atoms with Gasteiger partial charge in [0.15, 0.2) is 5.69 Å². The van der Waals surface area contributed by atoms with Crippen LogP contribution < -0.4 is 5.32 Å². The molecule has 2 aromatic rings. The molecule has 0 saturated carbocycles. The van der Waals surface area contributed by atoms with Crippen LogP contribution in [0.25, 0.3) is 5.52 Å². The largest absolute Gasteiger partial charge is 0.350 e. The molecular weight excluding hydrogens is 354 g/mol. The maximum atomic E-state index is 12.7. The zero-order chi connectivity index (χ0) is 20.1. The average molecular weight is 386 g/mol. The lowest BCUT2D eigenvalue weighted by atomic mass is 10.1. The molecule has 1 fully saturated rings. The third-order valence-corrected chi connectivity index (χ3v) is 5.22. The van der Waals surface area contributed by atoms with E-state index in [4.69, 9.17) is 0 Å². The van der Waals surface area contributed by atoms with Gasteiger partial charge in [-0.2, -0.15) is 0 Å². The molecule has 7 nitrogen and oxygen atoms in total. The van der Waals surface area contributed by atoms with Crippen LogP contribution >= 0.6 is 0 Å². The van der Waals surface area contributed by atoms with Crippen LogP contribution in [0.2, 0.25) is 0 Å². The zero-order valence-corrected chi connectivity index (χ0v) is 17.1. The molecule has 1 N–H and O–H groups in total. The number of hydrogen-bond donors (Lipinski definition) is 1. The van der Waals surface area contributed by atoms with Gasteiger partial charge >= 0.3 is 0 Å². The topological polar surface area (TPSA) is 69.9 Å². The number of carbonyl (C=O) groups excluding carboxylic acids is 2. The summed E-state index contributed by atoms with van der Waals surface area (Å²) in [6.45, 7) is 11.1. The van der Waals surface area contributed by atoms with E-state index in [1.54, 1.807) is 0 Å². The molecule has 0 atom stereocenters. The molecule has 0 radical (unpaired) electrons. The molecule has 0 spiro atoms. The molecule has 7 heteroatoms. The first kappa shape index (κ1) is 20.3. The minimum absolute atomic E-state index is 0.103. The van der Waals surface area contributed by atoms with Gasteiger partial charge in [-0.15, -0.1) is 0 Å². The summed E-state index contributed by atoms with van der Waals surface area (Å²) in [5.41, 5.74) is 1.23. The first-order valence-electron chi connectivity index (χ1n) is 10.2. The smallest absolute Gasteiger partial charge is 0.272 e. The van der Waals surface area contributed by atoms with Crippen LogP contribution in [0.3, 0.4) is 0 Å². The number of rotatable bonds is 7. The Balaban J connectivity index is 1.57. The number of pyridine rings is 1. The Bertz CT molecular complexity index is 821. The van der Waals surface area contributed by atoms with Gasteiger partial charge in [-0.1, -0.05) is 26.8 Å². The normalized spacial score (nSPS) is 15.4. The molecular formula is C21H31N5O2. The van der Waals surface area contributed by atoms with Crippen LogP contribution in [-0.4, -0.2) is 70.3 Å². The molecule has 152 valence electrons. The summed E-state index contributed by atoms with van der Waals surface area (Å²) < 4.78 is 1.98. The van der Waals surface area contributed by atoms with E-state index in [0.717, 1.165) is 50.5 Å². The number of nitrogens with one attached hydrogen (secondary N) is 1. The van der Waals surface area contributed by atoms with Gasteiger partial charge in [0, 0.05) is 51.8 Å². The second kappa shape index (κ2) is 9.19. The second-order valence-corrected chi connectivity index (χ2v) is 7.75. The van der Waals surface area contributed by atoms with Crippen LogP contribution in [-0.2, 0) is 11.2 Å². The van der Waals surface area contributed by atoms with Crippen LogP contribution in [0.15, 0.2) is 24.4 Å². The lowest BCUT2D eigenvalue weighted by Gasteiger charge is -2.34. The minimum Gasteiger partial charge on any atom is -0.350 e. The molecule has 0 bridgehead atoms. The highest BCUT2D eigenvalue weighted by atomic mass is 16.2. The van der Waals surface area contributed by atoms with Gasteiger partial charge in [-0.3, -0.25) is 9.59 Å². The number of carbonyl (C=O) groups is 2. The predicted molar refractivity (Wildman–Crippen MR) is 109 cm³/mol. The molecule has 1 aliphatic heterocycles. The summed E-state index contributed by atoms with van der Waals surface area (Å²) in [4.78, 5) is 33.9. The summed E-state index contributed by atoms with van der Waals surface area (Å²) in [6.07, 6.45) is 3.07. The maximum Gasteiger partial charge on any atom is 0.272 e. The van der Waals surface area contributed by atoms with Crippen molar-refractivity contribution in [2.24, 2.45) is 5.92 Å². The number of aromatic nitrogens is 2. The summed E-state index contributed by atoms with van der Waals surface area (Å²) in [5, 5.41) is 2.88. The Morgan fingerprint density at radius 1 is 1.18 bits per heavy atom. The third kappa shape index (κ3) is 4.70. The van der Waals surface area contributed by atoms with Crippen molar-refractivity contribution in [3.8, 4) is 0 Å². The van der Waals surface area contributed by atoms with Crippen molar-refractivity contribution in [1.29, 1.82) is 0 Å². The Labute approximate surface area is 166 Å². The highest BCUT2D eigenvalue weighted by Gasteiger charge is 2.21.